The van der Waals surface area contributed by atoms with E-state index in [4.69, 9.17) is 10.5 Å². The minimum absolute atomic E-state index is 0.263. The normalized spacial score (nSPS) is 18.6. The molecule has 25 heavy (non-hydrogen) atoms. The highest BCUT2D eigenvalue weighted by Gasteiger charge is 2.24. The van der Waals surface area contributed by atoms with Crippen molar-refractivity contribution in [2.45, 2.75) is 58.2 Å². The van der Waals surface area contributed by atoms with Crippen LogP contribution in [0.5, 0.6) is 0 Å². The van der Waals surface area contributed by atoms with Crippen LogP contribution in [0.4, 0.5) is 4.79 Å². The molecular formula is C19H29N3O3. The maximum Gasteiger partial charge on any atom is 0.407 e. The third-order valence-corrected chi connectivity index (χ3v) is 4.23. The lowest BCUT2D eigenvalue weighted by Crippen LogP contribution is -2.47. The molecule has 138 valence electrons. The first-order valence-electron chi connectivity index (χ1n) is 8.84. The fourth-order valence-electron chi connectivity index (χ4n) is 3.07. The average Bonchev–Trinajstić information content (AvgIpc) is 2.52. The zero-order valence-corrected chi connectivity index (χ0v) is 15.4. The second-order valence-corrected chi connectivity index (χ2v) is 7.57. The Balaban J connectivity index is 1.95. The van der Waals surface area contributed by atoms with Crippen LogP contribution in [0.25, 0.3) is 0 Å². The van der Waals surface area contributed by atoms with Gasteiger partial charge in [0.25, 0.3) is 0 Å². The minimum Gasteiger partial charge on any atom is -0.444 e. The lowest BCUT2D eigenvalue weighted by molar-refractivity contribution is 0.0492. The van der Waals surface area contributed by atoms with Gasteiger partial charge in [0, 0.05) is 24.7 Å². The molecule has 6 nitrogen and oxygen atoms in total. The van der Waals surface area contributed by atoms with E-state index in [2.05, 4.69) is 10.2 Å². The second-order valence-electron chi connectivity index (χ2n) is 7.57. The van der Waals surface area contributed by atoms with Gasteiger partial charge < -0.3 is 15.8 Å². The molecule has 6 heteroatoms. The predicted molar refractivity (Wildman–Crippen MR) is 97.2 cm³/mol. The summed E-state index contributed by atoms with van der Waals surface area (Å²) in [6.45, 7) is 7.83. The van der Waals surface area contributed by atoms with Gasteiger partial charge in [0.15, 0.2) is 0 Å². The number of piperidine rings is 1. The minimum atomic E-state index is -0.495. The quantitative estimate of drug-likeness (QED) is 0.857. The Bertz CT molecular complexity index is 610. The number of likely N-dealkylation sites (tertiary alicyclic amines) is 1. The van der Waals surface area contributed by atoms with Crippen LogP contribution in [0.15, 0.2) is 24.3 Å². The summed E-state index contributed by atoms with van der Waals surface area (Å²) in [5.74, 6) is -0.413. The van der Waals surface area contributed by atoms with Crippen molar-refractivity contribution >= 4 is 12.0 Å². The molecule has 1 atom stereocenters. The van der Waals surface area contributed by atoms with E-state index in [0.29, 0.717) is 12.1 Å². The summed E-state index contributed by atoms with van der Waals surface area (Å²) in [7, 11) is 0. The first kappa shape index (κ1) is 19.2. The standard InChI is InChI=1S/C19H29N3O3/c1-19(2,3)25-18(24)21-12-16-9-4-5-10-22(16)13-14-7-6-8-15(11-14)17(20)23/h6-8,11,16H,4-5,9-10,12-13H2,1-3H3,(H2,20,23)(H,21,24)/t16-/m0/s1. The number of nitrogens with one attached hydrogen (secondary N) is 1. The summed E-state index contributed by atoms with van der Waals surface area (Å²) < 4.78 is 5.30. The van der Waals surface area contributed by atoms with Crippen LogP contribution in [0, 0.1) is 0 Å². The molecule has 0 unspecified atom stereocenters. The van der Waals surface area contributed by atoms with Gasteiger partial charge in [0.2, 0.25) is 5.91 Å². The van der Waals surface area contributed by atoms with E-state index < -0.39 is 11.5 Å². The molecule has 1 aliphatic rings. The van der Waals surface area contributed by atoms with E-state index >= 15 is 0 Å². The molecule has 1 fully saturated rings. The molecule has 0 aromatic heterocycles. The van der Waals surface area contributed by atoms with Crippen molar-refractivity contribution in [3.05, 3.63) is 35.4 Å². The number of hydrogen-bond donors (Lipinski definition) is 2. The van der Waals surface area contributed by atoms with Gasteiger partial charge in [0.05, 0.1) is 0 Å². The van der Waals surface area contributed by atoms with Gasteiger partial charge in [0.1, 0.15) is 5.60 Å². The molecule has 2 amide bonds. The highest BCUT2D eigenvalue weighted by molar-refractivity contribution is 5.92. The number of carbonyl (C=O) groups is 2. The number of ether oxygens (including phenoxy) is 1. The number of amides is 2. The van der Waals surface area contributed by atoms with Gasteiger partial charge in [-0.3, -0.25) is 9.69 Å². The van der Waals surface area contributed by atoms with Crippen LogP contribution in [0.3, 0.4) is 0 Å². The number of rotatable bonds is 5. The molecule has 0 bridgehead atoms. The lowest BCUT2D eigenvalue weighted by atomic mass is 10.0. The zero-order chi connectivity index (χ0) is 18.4. The predicted octanol–water partition coefficient (Wildman–Crippen LogP) is 2.66. The molecule has 1 aromatic rings. The Labute approximate surface area is 149 Å². The van der Waals surface area contributed by atoms with Gasteiger partial charge in [-0.05, 0) is 57.9 Å². The van der Waals surface area contributed by atoms with E-state index in [9.17, 15) is 9.59 Å². The van der Waals surface area contributed by atoms with Crippen molar-refractivity contribution in [3.8, 4) is 0 Å². The van der Waals surface area contributed by atoms with Crippen molar-refractivity contribution in [1.82, 2.24) is 10.2 Å². The Hall–Kier alpha value is -2.08. The highest BCUT2D eigenvalue weighted by Crippen LogP contribution is 2.20. The van der Waals surface area contributed by atoms with Gasteiger partial charge in [-0.2, -0.15) is 0 Å². The van der Waals surface area contributed by atoms with E-state index in [0.717, 1.165) is 37.9 Å². The molecule has 1 aliphatic heterocycles. The number of hydrogen-bond acceptors (Lipinski definition) is 4. The van der Waals surface area contributed by atoms with Crippen molar-refractivity contribution in [3.63, 3.8) is 0 Å². The van der Waals surface area contributed by atoms with Crippen molar-refractivity contribution in [2.75, 3.05) is 13.1 Å². The van der Waals surface area contributed by atoms with Crippen LogP contribution in [-0.2, 0) is 11.3 Å². The Morgan fingerprint density at radius 3 is 2.76 bits per heavy atom. The van der Waals surface area contributed by atoms with E-state index in [-0.39, 0.29) is 12.1 Å². The molecule has 1 heterocycles. The summed E-state index contributed by atoms with van der Waals surface area (Å²) in [4.78, 5) is 25.6. The summed E-state index contributed by atoms with van der Waals surface area (Å²) in [6, 6.07) is 7.68. The third-order valence-electron chi connectivity index (χ3n) is 4.23. The van der Waals surface area contributed by atoms with Crippen LogP contribution in [0.2, 0.25) is 0 Å². The number of nitrogens with two attached hydrogens (primary N) is 1. The fraction of sp³-hybridized carbons (Fsp3) is 0.579. The monoisotopic (exact) mass is 347 g/mol. The number of benzene rings is 1. The average molecular weight is 347 g/mol. The molecule has 1 aromatic carbocycles. The Morgan fingerprint density at radius 1 is 1.32 bits per heavy atom. The van der Waals surface area contributed by atoms with E-state index in [1.807, 2.05) is 39.0 Å². The SMILES string of the molecule is CC(C)(C)OC(=O)NC[C@@H]1CCCCN1Cc1cccc(C(N)=O)c1. The summed E-state index contributed by atoms with van der Waals surface area (Å²) in [5, 5.41) is 2.88. The van der Waals surface area contributed by atoms with Crippen LogP contribution in [0.1, 0.15) is 56.0 Å². The topological polar surface area (TPSA) is 84.7 Å². The van der Waals surface area contributed by atoms with E-state index in [1.54, 1.807) is 6.07 Å². The third kappa shape index (κ3) is 6.38. The molecule has 0 saturated carbocycles. The van der Waals surface area contributed by atoms with Crippen LogP contribution < -0.4 is 11.1 Å². The maximum atomic E-state index is 11.9. The van der Waals surface area contributed by atoms with Gasteiger partial charge >= 0.3 is 6.09 Å². The molecule has 0 spiro atoms. The number of carbonyl (C=O) groups excluding carboxylic acids is 2. The molecule has 3 N–H and O–H groups in total. The number of primary amides is 1. The smallest absolute Gasteiger partial charge is 0.407 e. The van der Waals surface area contributed by atoms with Crippen molar-refractivity contribution in [2.24, 2.45) is 5.73 Å². The Kier molecular flexibility index (Phi) is 6.42. The number of alkyl carbamates (subject to hydrolysis) is 1. The summed E-state index contributed by atoms with van der Waals surface area (Å²) >= 11 is 0. The maximum absolute atomic E-state index is 11.9. The van der Waals surface area contributed by atoms with Crippen molar-refractivity contribution < 1.29 is 14.3 Å². The van der Waals surface area contributed by atoms with Gasteiger partial charge in [-0.15, -0.1) is 0 Å². The van der Waals surface area contributed by atoms with Gasteiger partial charge in [-0.1, -0.05) is 18.6 Å². The van der Waals surface area contributed by atoms with E-state index in [1.165, 1.54) is 0 Å². The first-order valence-corrected chi connectivity index (χ1v) is 8.84. The molecule has 0 aliphatic carbocycles. The number of nitrogens with zero attached hydrogens (tertiary/aromatic N) is 1. The highest BCUT2D eigenvalue weighted by atomic mass is 16.6. The molecule has 0 radical (unpaired) electrons. The molecule has 1 saturated heterocycles. The van der Waals surface area contributed by atoms with Crippen molar-refractivity contribution in [1.29, 1.82) is 0 Å². The molecular weight excluding hydrogens is 318 g/mol. The summed E-state index contributed by atoms with van der Waals surface area (Å²) in [6.07, 6.45) is 2.94. The largest absolute Gasteiger partial charge is 0.444 e. The van der Waals surface area contributed by atoms with Crippen LogP contribution >= 0.6 is 0 Å². The van der Waals surface area contributed by atoms with Gasteiger partial charge in [-0.25, -0.2) is 4.79 Å². The molecule has 2 rings (SSSR count). The van der Waals surface area contributed by atoms with Crippen LogP contribution in [-0.4, -0.2) is 41.6 Å². The summed E-state index contributed by atoms with van der Waals surface area (Å²) in [5.41, 5.74) is 6.45. The Morgan fingerprint density at radius 2 is 2.08 bits per heavy atom. The first-order chi connectivity index (χ1) is 11.7. The fourth-order valence-corrected chi connectivity index (χ4v) is 3.07. The second kappa shape index (κ2) is 8.34. The zero-order valence-electron chi connectivity index (χ0n) is 15.4. The lowest BCUT2D eigenvalue weighted by Gasteiger charge is -2.36.